The van der Waals surface area contributed by atoms with Crippen molar-refractivity contribution in [1.29, 1.82) is 0 Å². The van der Waals surface area contributed by atoms with Gasteiger partial charge in [-0.1, -0.05) is 23.7 Å². The van der Waals surface area contributed by atoms with Crippen LogP contribution in [0.1, 0.15) is 30.1 Å². The Balaban J connectivity index is 2.06. The number of nitrogens with two attached hydrogens (primary N) is 1. The second-order valence-corrected chi connectivity index (χ2v) is 5.11. The first-order valence-electron chi connectivity index (χ1n) is 6.24. The number of halogens is 1. The number of rotatable bonds is 5. The fourth-order valence-electron chi connectivity index (χ4n) is 1.91. The van der Waals surface area contributed by atoms with Gasteiger partial charge in [0.15, 0.2) is 0 Å². The lowest BCUT2D eigenvalue weighted by Crippen LogP contribution is -2.26. The molecule has 0 radical (unpaired) electrons. The van der Waals surface area contributed by atoms with Gasteiger partial charge in [0, 0.05) is 11.1 Å². The Morgan fingerprint density at radius 1 is 1.32 bits per heavy atom. The van der Waals surface area contributed by atoms with Gasteiger partial charge < -0.3 is 14.9 Å². The van der Waals surface area contributed by atoms with Crippen LogP contribution >= 0.6 is 11.6 Å². The molecule has 3 nitrogen and oxygen atoms in total. The van der Waals surface area contributed by atoms with Gasteiger partial charge in [0.1, 0.15) is 17.6 Å². The molecule has 2 unspecified atom stereocenters. The van der Waals surface area contributed by atoms with Gasteiger partial charge in [-0.05, 0) is 43.7 Å². The van der Waals surface area contributed by atoms with E-state index in [1.54, 1.807) is 0 Å². The maximum atomic E-state index is 5.96. The quantitative estimate of drug-likeness (QED) is 0.904. The molecule has 19 heavy (non-hydrogen) atoms. The van der Waals surface area contributed by atoms with E-state index in [4.69, 9.17) is 26.5 Å². The van der Waals surface area contributed by atoms with Gasteiger partial charge in [-0.15, -0.1) is 0 Å². The zero-order valence-electron chi connectivity index (χ0n) is 11.1. The lowest BCUT2D eigenvalue weighted by atomic mass is 10.1. The van der Waals surface area contributed by atoms with Gasteiger partial charge in [0.2, 0.25) is 0 Å². The summed E-state index contributed by atoms with van der Waals surface area (Å²) in [5.74, 6) is 1.61. The summed E-state index contributed by atoms with van der Waals surface area (Å²) < 4.78 is 11.5. The van der Waals surface area contributed by atoms with Crippen molar-refractivity contribution in [2.24, 2.45) is 5.73 Å². The van der Waals surface area contributed by atoms with Crippen LogP contribution in [-0.2, 0) is 11.3 Å². The van der Waals surface area contributed by atoms with E-state index in [0.717, 1.165) is 17.1 Å². The van der Waals surface area contributed by atoms with Crippen LogP contribution in [-0.4, -0.2) is 6.04 Å². The highest BCUT2D eigenvalue weighted by Crippen LogP contribution is 2.24. The normalized spacial score (nSPS) is 14.3. The Morgan fingerprint density at radius 2 is 2.11 bits per heavy atom. The summed E-state index contributed by atoms with van der Waals surface area (Å²) in [5, 5.41) is 0.701. The Kier molecular flexibility index (Phi) is 4.64. The maximum absolute atomic E-state index is 5.96. The first-order chi connectivity index (χ1) is 9.06. The van der Waals surface area contributed by atoms with Gasteiger partial charge in [0.05, 0.1) is 6.61 Å². The molecule has 0 amide bonds. The molecule has 2 aromatic rings. The smallest absolute Gasteiger partial charge is 0.134 e. The number of aryl methyl sites for hydroxylation is 1. The monoisotopic (exact) mass is 279 g/mol. The third-order valence-corrected chi connectivity index (χ3v) is 3.07. The molecule has 4 heteroatoms. The summed E-state index contributed by atoms with van der Waals surface area (Å²) in [6.45, 7) is 4.26. The molecule has 1 heterocycles. The van der Waals surface area contributed by atoms with Crippen molar-refractivity contribution in [2.45, 2.75) is 32.6 Å². The maximum Gasteiger partial charge on any atom is 0.134 e. The second kappa shape index (κ2) is 6.24. The minimum atomic E-state index is -0.257. The Hall–Kier alpha value is -1.29. The summed E-state index contributed by atoms with van der Waals surface area (Å²) in [5.41, 5.74) is 6.98. The minimum absolute atomic E-state index is 0.148. The van der Waals surface area contributed by atoms with Gasteiger partial charge in [-0.25, -0.2) is 0 Å². The van der Waals surface area contributed by atoms with Crippen molar-refractivity contribution >= 4 is 11.6 Å². The van der Waals surface area contributed by atoms with Crippen LogP contribution in [0.15, 0.2) is 40.8 Å². The van der Waals surface area contributed by atoms with E-state index >= 15 is 0 Å². The van der Waals surface area contributed by atoms with Crippen LogP contribution in [0, 0.1) is 6.92 Å². The predicted octanol–water partition coefficient (Wildman–Crippen LogP) is 3.85. The Morgan fingerprint density at radius 3 is 2.68 bits per heavy atom. The average Bonchev–Trinajstić information content (AvgIpc) is 2.76. The summed E-state index contributed by atoms with van der Waals surface area (Å²) >= 11 is 5.94. The van der Waals surface area contributed by atoms with Crippen LogP contribution in [0.25, 0.3) is 0 Å². The number of ether oxygens (including phenoxy) is 1. The first kappa shape index (κ1) is 14.1. The molecule has 0 aliphatic heterocycles. The summed E-state index contributed by atoms with van der Waals surface area (Å²) in [4.78, 5) is 0. The highest BCUT2D eigenvalue weighted by atomic mass is 35.5. The topological polar surface area (TPSA) is 48.4 Å². The van der Waals surface area contributed by atoms with E-state index in [1.165, 1.54) is 0 Å². The largest absolute Gasteiger partial charge is 0.464 e. The molecule has 2 rings (SSSR count). The van der Waals surface area contributed by atoms with E-state index < -0.39 is 0 Å². The van der Waals surface area contributed by atoms with Crippen molar-refractivity contribution in [3.05, 3.63) is 58.5 Å². The molecule has 102 valence electrons. The van der Waals surface area contributed by atoms with E-state index in [0.29, 0.717) is 11.6 Å². The van der Waals surface area contributed by atoms with Crippen LogP contribution < -0.4 is 5.73 Å². The van der Waals surface area contributed by atoms with Crippen LogP contribution in [0.5, 0.6) is 0 Å². The van der Waals surface area contributed by atoms with E-state index in [-0.39, 0.29) is 12.1 Å². The number of hydrogen-bond acceptors (Lipinski definition) is 3. The lowest BCUT2D eigenvalue weighted by Gasteiger charge is -2.19. The first-order valence-corrected chi connectivity index (χ1v) is 6.62. The van der Waals surface area contributed by atoms with Crippen molar-refractivity contribution in [3.63, 3.8) is 0 Å². The molecule has 0 aliphatic carbocycles. The molecule has 2 N–H and O–H groups in total. The van der Waals surface area contributed by atoms with Crippen molar-refractivity contribution in [3.8, 4) is 0 Å². The van der Waals surface area contributed by atoms with Crippen LogP contribution in [0.2, 0.25) is 5.02 Å². The third kappa shape index (κ3) is 3.83. The molecule has 0 fully saturated rings. The molecule has 0 aliphatic rings. The van der Waals surface area contributed by atoms with Crippen molar-refractivity contribution in [1.82, 2.24) is 0 Å². The molecule has 0 saturated heterocycles. The molecule has 1 aromatic carbocycles. The second-order valence-electron chi connectivity index (χ2n) is 4.67. The van der Waals surface area contributed by atoms with Gasteiger partial charge in [-0.2, -0.15) is 0 Å². The van der Waals surface area contributed by atoms with Crippen LogP contribution in [0.4, 0.5) is 0 Å². The van der Waals surface area contributed by atoms with Crippen molar-refractivity contribution < 1.29 is 9.15 Å². The predicted molar refractivity (Wildman–Crippen MR) is 76.1 cm³/mol. The molecular formula is C15H18ClNO2. The van der Waals surface area contributed by atoms with Gasteiger partial charge >= 0.3 is 0 Å². The van der Waals surface area contributed by atoms with E-state index in [2.05, 4.69) is 0 Å². The van der Waals surface area contributed by atoms with Crippen LogP contribution in [0.3, 0.4) is 0 Å². The van der Waals surface area contributed by atoms with Gasteiger partial charge in [0.25, 0.3) is 0 Å². The fraction of sp³-hybridized carbons (Fsp3) is 0.333. The summed E-state index contributed by atoms with van der Waals surface area (Å²) in [6, 6.07) is 11.3. The number of furan rings is 1. The summed E-state index contributed by atoms with van der Waals surface area (Å²) in [7, 11) is 0. The zero-order chi connectivity index (χ0) is 13.8. The standard InChI is InChI=1S/C15H18ClNO2/c1-10-6-7-14(19-10)15(11(2)17)18-9-12-4-3-5-13(16)8-12/h3-8,11,15H,9,17H2,1-2H3. The van der Waals surface area contributed by atoms with Gasteiger partial charge in [-0.3, -0.25) is 0 Å². The lowest BCUT2D eigenvalue weighted by molar-refractivity contribution is 0.0115. The molecule has 1 aromatic heterocycles. The molecule has 0 spiro atoms. The Bertz CT molecular complexity index is 536. The highest BCUT2D eigenvalue weighted by molar-refractivity contribution is 6.30. The molecule has 0 saturated carbocycles. The molecule has 0 bridgehead atoms. The number of benzene rings is 1. The molecular weight excluding hydrogens is 262 g/mol. The zero-order valence-corrected chi connectivity index (χ0v) is 11.9. The van der Waals surface area contributed by atoms with E-state index in [1.807, 2.05) is 50.2 Å². The SMILES string of the molecule is Cc1ccc(C(OCc2cccc(Cl)c2)C(C)N)o1. The minimum Gasteiger partial charge on any atom is -0.464 e. The Labute approximate surface area is 118 Å². The van der Waals surface area contributed by atoms with Crippen molar-refractivity contribution in [2.75, 3.05) is 0 Å². The molecule has 2 atom stereocenters. The highest BCUT2D eigenvalue weighted by Gasteiger charge is 2.20. The fourth-order valence-corrected chi connectivity index (χ4v) is 2.12. The average molecular weight is 280 g/mol. The third-order valence-electron chi connectivity index (χ3n) is 2.84. The summed E-state index contributed by atoms with van der Waals surface area (Å²) in [6.07, 6.45) is -0.257. The number of hydrogen-bond donors (Lipinski definition) is 1. The van der Waals surface area contributed by atoms with E-state index in [9.17, 15) is 0 Å².